The van der Waals surface area contributed by atoms with Crippen LogP contribution >= 0.6 is 0 Å². The highest BCUT2D eigenvalue weighted by Crippen LogP contribution is 2.69. The normalized spacial score (nSPS) is 47.9. The fourth-order valence-electron chi connectivity index (χ4n) is 8.42. The Morgan fingerprint density at radius 1 is 1.14 bits per heavy atom. The number of rotatable bonds is 1. The number of hydrogen-bond donors (Lipinski definition) is 0. The Kier molecular flexibility index (Phi) is 4.20. The van der Waals surface area contributed by atoms with Crippen LogP contribution in [-0.2, 0) is 14.3 Å². The number of esters is 1. The van der Waals surface area contributed by atoms with Crippen molar-refractivity contribution in [2.24, 2.45) is 35.0 Å². The van der Waals surface area contributed by atoms with Crippen molar-refractivity contribution in [1.82, 2.24) is 0 Å². The molecule has 5 aliphatic rings. The molecule has 0 aromatic heterocycles. The molecular weight excluding hydrogens is 348 g/mol. The summed E-state index contributed by atoms with van der Waals surface area (Å²) in [5.74, 6) is 3.59. The Hall–Kier alpha value is -1.38. The topological polar surface area (TPSA) is 43.4 Å². The van der Waals surface area contributed by atoms with Gasteiger partial charge in [0.25, 0.3) is 0 Å². The minimum atomic E-state index is -0.427. The monoisotopic (exact) mass is 382 g/mol. The van der Waals surface area contributed by atoms with Gasteiger partial charge in [0.1, 0.15) is 5.60 Å². The lowest BCUT2D eigenvalue weighted by Gasteiger charge is -2.60. The Morgan fingerprint density at radius 2 is 1.96 bits per heavy atom. The summed E-state index contributed by atoms with van der Waals surface area (Å²) in [6, 6.07) is 0. The lowest BCUT2D eigenvalue weighted by atomic mass is 9.46. The highest BCUT2D eigenvalue weighted by atomic mass is 16.6. The van der Waals surface area contributed by atoms with E-state index in [1.807, 2.05) is 6.08 Å². The number of fused-ring (bicyclic) bond motifs is 6. The van der Waals surface area contributed by atoms with Crippen LogP contribution in [0.1, 0.15) is 78.1 Å². The molecule has 4 aliphatic carbocycles. The van der Waals surface area contributed by atoms with E-state index in [0.717, 1.165) is 44.9 Å². The maximum absolute atomic E-state index is 12.3. The van der Waals surface area contributed by atoms with Gasteiger partial charge < -0.3 is 4.74 Å². The van der Waals surface area contributed by atoms with Crippen molar-refractivity contribution in [2.75, 3.05) is 0 Å². The van der Waals surface area contributed by atoms with Crippen LogP contribution in [0.5, 0.6) is 0 Å². The van der Waals surface area contributed by atoms with Gasteiger partial charge >= 0.3 is 5.97 Å². The predicted octanol–water partition coefficient (Wildman–Crippen LogP) is 5.40. The highest BCUT2D eigenvalue weighted by molar-refractivity contribution is 5.91. The standard InChI is InChI=1S/C25H34O3/c1-4-16-14-24(3)21(11-12-25(24)15(2)5-10-22(27)28-25)20-8-6-17-13-18(26)7-9-19(17)23(16)20/h13,16,19-21,23H,2,4-12,14H2,1,3H3/t16-,19-,20-,21-,23+,24-,25+/m0/s1. The van der Waals surface area contributed by atoms with Crippen molar-refractivity contribution < 1.29 is 14.3 Å². The summed E-state index contributed by atoms with van der Waals surface area (Å²) in [4.78, 5) is 24.3. The summed E-state index contributed by atoms with van der Waals surface area (Å²) < 4.78 is 6.22. The molecule has 3 saturated carbocycles. The average Bonchev–Trinajstić information content (AvgIpc) is 2.96. The zero-order chi connectivity index (χ0) is 19.7. The van der Waals surface area contributed by atoms with E-state index in [1.165, 1.54) is 24.0 Å². The molecule has 1 heterocycles. The van der Waals surface area contributed by atoms with E-state index in [1.54, 1.807) is 0 Å². The molecule has 7 atom stereocenters. The summed E-state index contributed by atoms with van der Waals surface area (Å²) in [6.07, 6.45) is 11.8. The van der Waals surface area contributed by atoms with Gasteiger partial charge in [-0.15, -0.1) is 0 Å². The molecule has 1 saturated heterocycles. The minimum Gasteiger partial charge on any atom is -0.454 e. The molecule has 3 nitrogen and oxygen atoms in total. The van der Waals surface area contributed by atoms with E-state index in [4.69, 9.17) is 4.74 Å². The molecule has 152 valence electrons. The molecule has 0 unspecified atom stereocenters. The fraction of sp³-hybridized carbons (Fsp3) is 0.760. The molecule has 28 heavy (non-hydrogen) atoms. The minimum absolute atomic E-state index is 0.0215. The number of allylic oxidation sites excluding steroid dienone is 1. The second-order valence-corrected chi connectivity index (χ2v) is 10.5. The smallest absolute Gasteiger partial charge is 0.307 e. The van der Waals surface area contributed by atoms with Crippen LogP contribution in [0.3, 0.4) is 0 Å². The first kappa shape index (κ1) is 18.6. The summed E-state index contributed by atoms with van der Waals surface area (Å²) in [5.41, 5.74) is 2.21. The third kappa shape index (κ3) is 2.34. The molecule has 1 spiro atoms. The van der Waals surface area contributed by atoms with E-state index >= 15 is 0 Å². The maximum Gasteiger partial charge on any atom is 0.307 e. The van der Waals surface area contributed by atoms with Crippen LogP contribution in [0, 0.1) is 35.0 Å². The zero-order valence-corrected chi connectivity index (χ0v) is 17.5. The molecular formula is C25H34O3. The average molecular weight is 383 g/mol. The van der Waals surface area contributed by atoms with Gasteiger partial charge in [-0.25, -0.2) is 0 Å². The first-order chi connectivity index (χ1) is 13.4. The number of carbonyl (C=O) groups excluding carboxylic acids is 2. The molecule has 0 amide bonds. The summed E-state index contributed by atoms with van der Waals surface area (Å²) in [6.45, 7) is 9.18. The summed E-state index contributed by atoms with van der Waals surface area (Å²) >= 11 is 0. The van der Waals surface area contributed by atoms with Crippen molar-refractivity contribution in [1.29, 1.82) is 0 Å². The van der Waals surface area contributed by atoms with Crippen LogP contribution in [0.25, 0.3) is 0 Å². The molecule has 0 N–H and O–H groups in total. The Morgan fingerprint density at radius 3 is 2.75 bits per heavy atom. The molecule has 0 aromatic carbocycles. The van der Waals surface area contributed by atoms with Crippen molar-refractivity contribution in [3.05, 3.63) is 23.8 Å². The highest BCUT2D eigenvalue weighted by Gasteiger charge is 2.67. The van der Waals surface area contributed by atoms with E-state index in [2.05, 4.69) is 20.4 Å². The quantitative estimate of drug-likeness (QED) is 0.451. The van der Waals surface area contributed by atoms with Gasteiger partial charge in [0.15, 0.2) is 5.78 Å². The summed E-state index contributed by atoms with van der Waals surface area (Å²) in [7, 11) is 0. The molecule has 5 rings (SSSR count). The van der Waals surface area contributed by atoms with E-state index < -0.39 is 5.60 Å². The van der Waals surface area contributed by atoms with Gasteiger partial charge in [0.2, 0.25) is 0 Å². The van der Waals surface area contributed by atoms with Crippen LogP contribution < -0.4 is 0 Å². The van der Waals surface area contributed by atoms with Crippen LogP contribution in [-0.4, -0.2) is 17.4 Å². The summed E-state index contributed by atoms with van der Waals surface area (Å²) in [5, 5.41) is 0. The third-order valence-corrected chi connectivity index (χ3v) is 9.56. The number of hydrogen-bond acceptors (Lipinski definition) is 3. The van der Waals surface area contributed by atoms with E-state index in [-0.39, 0.29) is 11.4 Å². The number of ether oxygens (including phenoxy) is 1. The number of ketones is 1. The van der Waals surface area contributed by atoms with Gasteiger partial charge in [0, 0.05) is 18.3 Å². The van der Waals surface area contributed by atoms with Crippen molar-refractivity contribution in [3.63, 3.8) is 0 Å². The first-order valence-corrected chi connectivity index (χ1v) is 11.5. The Labute approximate surface area is 169 Å². The lowest BCUT2D eigenvalue weighted by molar-refractivity contribution is -0.184. The number of carbonyl (C=O) groups is 2. The van der Waals surface area contributed by atoms with Gasteiger partial charge in [-0.3, -0.25) is 9.59 Å². The second kappa shape index (κ2) is 6.31. The van der Waals surface area contributed by atoms with Gasteiger partial charge in [-0.1, -0.05) is 32.4 Å². The van der Waals surface area contributed by atoms with Gasteiger partial charge in [0.05, 0.1) is 0 Å². The maximum atomic E-state index is 12.3. The SMILES string of the molecule is C=C1CCC(=O)O[C@]12CC[C@H]1[C@@H]3CCC4=CC(=O)CC[C@@H]4[C@H]3[C@@H](CC)C[C@@]12C. The van der Waals surface area contributed by atoms with Gasteiger partial charge in [-0.05, 0) is 86.2 Å². The zero-order valence-electron chi connectivity index (χ0n) is 17.5. The predicted molar refractivity (Wildman–Crippen MR) is 108 cm³/mol. The molecule has 0 bridgehead atoms. The van der Waals surface area contributed by atoms with Gasteiger partial charge in [-0.2, -0.15) is 0 Å². The van der Waals surface area contributed by atoms with Crippen molar-refractivity contribution in [3.8, 4) is 0 Å². The third-order valence-electron chi connectivity index (χ3n) is 9.56. The first-order valence-electron chi connectivity index (χ1n) is 11.5. The van der Waals surface area contributed by atoms with Crippen LogP contribution in [0.2, 0.25) is 0 Å². The molecule has 3 heteroatoms. The molecule has 4 fully saturated rings. The van der Waals surface area contributed by atoms with E-state index in [9.17, 15) is 9.59 Å². The molecule has 0 radical (unpaired) electrons. The Balaban J connectivity index is 1.54. The van der Waals surface area contributed by atoms with Crippen molar-refractivity contribution >= 4 is 11.8 Å². The van der Waals surface area contributed by atoms with E-state index in [0.29, 0.717) is 41.8 Å². The fourth-order valence-corrected chi connectivity index (χ4v) is 8.42. The van der Waals surface area contributed by atoms with Crippen LogP contribution in [0.4, 0.5) is 0 Å². The molecule has 0 aromatic rings. The van der Waals surface area contributed by atoms with Crippen molar-refractivity contribution in [2.45, 2.75) is 83.7 Å². The second-order valence-electron chi connectivity index (χ2n) is 10.5. The largest absolute Gasteiger partial charge is 0.454 e. The molecule has 1 aliphatic heterocycles. The Bertz CT molecular complexity index is 764. The van der Waals surface area contributed by atoms with Crippen LogP contribution in [0.15, 0.2) is 23.8 Å². The lowest BCUT2D eigenvalue weighted by Crippen LogP contribution is -2.58.